The zero-order valence-electron chi connectivity index (χ0n) is 4.91. The van der Waals surface area contributed by atoms with Gasteiger partial charge in [0, 0.05) is 6.08 Å². The summed E-state index contributed by atoms with van der Waals surface area (Å²) in [6.07, 6.45) is 3.49. The van der Waals surface area contributed by atoms with Crippen LogP contribution in [0.2, 0.25) is 0 Å². The largest absolute Gasteiger partial charge is 0.359 e. The first kappa shape index (κ1) is 4.99. The molecule has 1 saturated heterocycles. The Morgan fingerprint density at radius 1 is 1.78 bits per heavy atom. The van der Waals surface area contributed by atoms with Crippen molar-refractivity contribution in [3.05, 3.63) is 12.2 Å². The molecule has 1 amide bonds. The molecule has 0 aromatic heterocycles. The first-order valence-electron chi connectivity index (χ1n) is 2.94. The van der Waals surface area contributed by atoms with Crippen LogP contribution in [0.3, 0.4) is 0 Å². The van der Waals surface area contributed by atoms with Crippen LogP contribution in [0.25, 0.3) is 0 Å². The molecule has 1 unspecified atom stereocenters. The van der Waals surface area contributed by atoms with Crippen molar-refractivity contribution in [3.8, 4) is 0 Å². The Bertz CT molecular complexity index is 176. The van der Waals surface area contributed by atoms with Gasteiger partial charge in [-0.05, 0) is 0 Å². The van der Waals surface area contributed by atoms with E-state index in [0.29, 0.717) is 13.3 Å². The van der Waals surface area contributed by atoms with Gasteiger partial charge < -0.3 is 9.64 Å². The van der Waals surface area contributed by atoms with E-state index in [1.165, 1.54) is 0 Å². The minimum Gasteiger partial charge on any atom is -0.359 e. The van der Waals surface area contributed by atoms with E-state index >= 15 is 0 Å². The van der Waals surface area contributed by atoms with E-state index < -0.39 is 0 Å². The first-order valence-corrected chi connectivity index (χ1v) is 2.94. The Morgan fingerprint density at radius 3 is 3.44 bits per heavy atom. The molecule has 2 rings (SSSR count). The Kier molecular flexibility index (Phi) is 0.873. The second kappa shape index (κ2) is 1.57. The number of hydrogen-bond acceptors (Lipinski definition) is 2. The topological polar surface area (TPSA) is 29.5 Å². The van der Waals surface area contributed by atoms with Gasteiger partial charge in [0.15, 0.2) is 0 Å². The van der Waals surface area contributed by atoms with E-state index in [1.807, 2.05) is 6.08 Å². The highest BCUT2D eigenvalue weighted by Crippen LogP contribution is 2.16. The molecule has 48 valence electrons. The summed E-state index contributed by atoms with van der Waals surface area (Å²) in [5.41, 5.74) is 0. The molecular formula is C6H7NO2. The number of carbonyl (C=O) groups excluding carboxylic acids is 1. The van der Waals surface area contributed by atoms with Gasteiger partial charge in [-0.3, -0.25) is 4.79 Å². The standard InChI is InChI=1S/C6H7NO2/c8-6-2-1-5-3-9-4-7(5)6/h1-2,5H,3-4H2. The average molecular weight is 125 g/mol. The third kappa shape index (κ3) is 0.580. The lowest BCUT2D eigenvalue weighted by Crippen LogP contribution is -2.28. The predicted molar refractivity (Wildman–Crippen MR) is 30.6 cm³/mol. The molecule has 0 aromatic carbocycles. The lowest BCUT2D eigenvalue weighted by molar-refractivity contribution is -0.126. The summed E-state index contributed by atoms with van der Waals surface area (Å²) >= 11 is 0. The van der Waals surface area contributed by atoms with Crippen molar-refractivity contribution in [2.75, 3.05) is 13.3 Å². The summed E-state index contributed by atoms with van der Waals surface area (Å²) in [6, 6.07) is 0.234. The maximum atomic E-state index is 10.8. The van der Waals surface area contributed by atoms with Crippen LogP contribution in [0.4, 0.5) is 0 Å². The lowest BCUT2D eigenvalue weighted by atomic mass is 10.3. The van der Waals surface area contributed by atoms with Crippen LogP contribution in [-0.2, 0) is 9.53 Å². The fraction of sp³-hybridized carbons (Fsp3) is 0.500. The van der Waals surface area contributed by atoms with Gasteiger partial charge in [0.25, 0.3) is 0 Å². The summed E-state index contributed by atoms with van der Waals surface area (Å²) in [5.74, 6) is 0.0810. The van der Waals surface area contributed by atoms with Crippen LogP contribution in [0, 0.1) is 0 Å². The SMILES string of the molecule is O=C1C=CC2COCN12. The molecule has 1 atom stereocenters. The van der Waals surface area contributed by atoms with Crippen molar-refractivity contribution in [2.45, 2.75) is 6.04 Å². The molecule has 2 aliphatic rings. The Labute approximate surface area is 52.9 Å². The van der Waals surface area contributed by atoms with E-state index in [2.05, 4.69) is 0 Å². The van der Waals surface area contributed by atoms with Gasteiger partial charge in [-0.1, -0.05) is 6.08 Å². The Balaban J connectivity index is 2.24. The fourth-order valence-electron chi connectivity index (χ4n) is 1.13. The average Bonchev–Trinajstić information content (AvgIpc) is 2.35. The molecule has 3 heteroatoms. The highest BCUT2D eigenvalue weighted by molar-refractivity contribution is 5.90. The molecule has 0 N–H and O–H groups in total. The number of rotatable bonds is 0. The quantitative estimate of drug-likeness (QED) is 0.446. The highest BCUT2D eigenvalue weighted by atomic mass is 16.5. The van der Waals surface area contributed by atoms with Crippen molar-refractivity contribution in [3.63, 3.8) is 0 Å². The summed E-state index contributed by atoms with van der Waals surface area (Å²) < 4.78 is 5.04. The van der Waals surface area contributed by atoms with Gasteiger partial charge in [-0.25, -0.2) is 0 Å². The molecule has 0 spiro atoms. The number of amides is 1. The van der Waals surface area contributed by atoms with E-state index in [1.54, 1.807) is 11.0 Å². The van der Waals surface area contributed by atoms with Crippen LogP contribution in [0.1, 0.15) is 0 Å². The highest BCUT2D eigenvalue weighted by Gasteiger charge is 2.30. The Hall–Kier alpha value is -0.830. The zero-order valence-corrected chi connectivity index (χ0v) is 4.91. The minimum atomic E-state index is 0.0810. The molecule has 0 bridgehead atoms. The van der Waals surface area contributed by atoms with Gasteiger partial charge in [0.2, 0.25) is 5.91 Å². The zero-order chi connectivity index (χ0) is 6.27. The molecule has 2 heterocycles. The van der Waals surface area contributed by atoms with E-state index in [9.17, 15) is 4.79 Å². The molecule has 0 aliphatic carbocycles. The van der Waals surface area contributed by atoms with Gasteiger partial charge in [-0.15, -0.1) is 0 Å². The molecule has 9 heavy (non-hydrogen) atoms. The number of hydrogen-bond donors (Lipinski definition) is 0. The van der Waals surface area contributed by atoms with Crippen LogP contribution in [0.15, 0.2) is 12.2 Å². The molecule has 0 radical (unpaired) electrons. The van der Waals surface area contributed by atoms with Crippen LogP contribution in [-0.4, -0.2) is 30.2 Å². The molecular weight excluding hydrogens is 118 g/mol. The van der Waals surface area contributed by atoms with Gasteiger partial charge in [0.1, 0.15) is 6.73 Å². The Morgan fingerprint density at radius 2 is 2.67 bits per heavy atom. The molecule has 0 saturated carbocycles. The number of fused-ring (bicyclic) bond motifs is 1. The van der Waals surface area contributed by atoms with E-state index in [0.717, 1.165) is 0 Å². The van der Waals surface area contributed by atoms with Crippen LogP contribution >= 0.6 is 0 Å². The minimum absolute atomic E-state index is 0.0810. The fourth-order valence-corrected chi connectivity index (χ4v) is 1.13. The third-order valence-corrected chi connectivity index (χ3v) is 1.66. The summed E-state index contributed by atoms with van der Waals surface area (Å²) in [4.78, 5) is 12.5. The van der Waals surface area contributed by atoms with Crippen molar-refractivity contribution in [1.29, 1.82) is 0 Å². The maximum absolute atomic E-state index is 10.8. The van der Waals surface area contributed by atoms with Gasteiger partial charge >= 0.3 is 0 Å². The van der Waals surface area contributed by atoms with E-state index in [4.69, 9.17) is 4.74 Å². The summed E-state index contributed by atoms with van der Waals surface area (Å²) in [5, 5.41) is 0. The van der Waals surface area contributed by atoms with Gasteiger partial charge in [-0.2, -0.15) is 0 Å². The van der Waals surface area contributed by atoms with Crippen molar-refractivity contribution < 1.29 is 9.53 Å². The smallest absolute Gasteiger partial charge is 0.248 e. The molecule has 0 aromatic rings. The third-order valence-electron chi connectivity index (χ3n) is 1.66. The molecule has 3 nitrogen and oxygen atoms in total. The number of nitrogens with zero attached hydrogens (tertiary/aromatic N) is 1. The van der Waals surface area contributed by atoms with Crippen molar-refractivity contribution in [1.82, 2.24) is 4.90 Å². The summed E-state index contributed by atoms with van der Waals surface area (Å²) in [7, 11) is 0. The lowest BCUT2D eigenvalue weighted by Gasteiger charge is -2.10. The predicted octanol–water partition coefficient (Wildman–Crippen LogP) is -0.259. The second-order valence-corrected chi connectivity index (χ2v) is 2.23. The summed E-state index contributed by atoms with van der Waals surface area (Å²) in [6.45, 7) is 1.14. The van der Waals surface area contributed by atoms with Gasteiger partial charge in [0.05, 0.1) is 12.6 Å². The monoisotopic (exact) mass is 125 g/mol. The van der Waals surface area contributed by atoms with Crippen molar-refractivity contribution in [2.24, 2.45) is 0 Å². The second-order valence-electron chi connectivity index (χ2n) is 2.23. The number of carbonyl (C=O) groups is 1. The maximum Gasteiger partial charge on any atom is 0.248 e. The van der Waals surface area contributed by atoms with Crippen LogP contribution in [0.5, 0.6) is 0 Å². The van der Waals surface area contributed by atoms with E-state index in [-0.39, 0.29) is 11.9 Å². The van der Waals surface area contributed by atoms with Crippen molar-refractivity contribution >= 4 is 5.91 Å². The van der Waals surface area contributed by atoms with Crippen LogP contribution < -0.4 is 0 Å². The number of ether oxygens (including phenoxy) is 1. The molecule has 2 aliphatic heterocycles. The molecule has 1 fully saturated rings. The normalized spacial score (nSPS) is 31.8. The first-order chi connectivity index (χ1) is 4.38.